The molecular formula is C16H21N3O. The number of nitrogens with two attached hydrogens (primary N) is 1. The normalized spacial score (nSPS) is 12.2. The molecule has 1 aromatic heterocycles. The van der Waals surface area contributed by atoms with E-state index in [1.165, 1.54) is 5.56 Å². The minimum absolute atomic E-state index is 0.159. The number of rotatable bonds is 6. The molecule has 0 saturated carbocycles. The molecule has 4 heteroatoms. The van der Waals surface area contributed by atoms with Crippen LogP contribution < -0.4 is 10.5 Å². The van der Waals surface area contributed by atoms with Gasteiger partial charge in [-0.15, -0.1) is 0 Å². The van der Waals surface area contributed by atoms with E-state index in [1.54, 1.807) is 12.4 Å². The van der Waals surface area contributed by atoms with Crippen LogP contribution in [0.2, 0.25) is 0 Å². The molecule has 1 heterocycles. The first-order valence-corrected chi connectivity index (χ1v) is 7.04. The zero-order valence-corrected chi connectivity index (χ0v) is 12.0. The molecule has 0 aliphatic rings. The van der Waals surface area contributed by atoms with Crippen LogP contribution in [0, 0.1) is 0 Å². The highest BCUT2D eigenvalue weighted by Gasteiger charge is 2.05. The van der Waals surface area contributed by atoms with Crippen LogP contribution in [0.15, 0.2) is 36.7 Å². The lowest BCUT2D eigenvalue weighted by Crippen LogP contribution is -2.21. The lowest BCUT2D eigenvalue weighted by molar-refractivity contribution is 0.440. The molecule has 0 fully saturated rings. The molecule has 0 bridgehead atoms. The summed E-state index contributed by atoms with van der Waals surface area (Å²) in [5.41, 5.74) is 8.18. The SMILES string of the molecule is CCc1cccc(Oc2ncc(CC(N)CC)cn2)c1. The van der Waals surface area contributed by atoms with Crippen molar-refractivity contribution in [2.24, 2.45) is 5.73 Å². The third-order valence-electron chi connectivity index (χ3n) is 3.22. The predicted octanol–water partition coefficient (Wildman–Crippen LogP) is 3.11. The maximum absolute atomic E-state index is 5.91. The summed E-state index contributed by atoms with van der Waals surface area (Å²) in [6.45, 7) is 4.19. The van der Waals surface area contributed by atoms with E-state index < -0.39 is 0 Å². The van der Waals surface area contributed by atoms with E-state index in [9.17, 15) is 0 Å². The third-order valence-corrected chi connectivity index (χ3v) is 3.22. The largest absolute Gasteiger partial charge is 0.424 e. The Morgan fingerprint density at radius 3 is 2.55 bits per heavy atom. The van der Waals surface area contributed by atoms with Gasteiger partial charge in [-0.05, 0) is 42.5 Å². The summed E-state index contributed by atoms with van der Waals surface area (Å²) in [5, 5.41) is 0. The van der Waals surface area contributed by atoms with Gasteiger partial charge in [-0.3, -0.25) is 0 Å². The number of aryl methyl sites for hydroxylation is 1. The van der Waals surface area contributed by atoms with Crippen molar-refractivity contribution in [2.45, 2.75) is 39.2 Å². The standard InChI is InChI=1S/C16H21N3O/c1-3-12-6-5-7-15(9-12)20-16-18-10-13(11-19-16)8-14(17)4-2/h5-7,9-11,14H,3-4,8,17H2,1-2H3. The van der Waals surface area contributed by atoms with Gasteiger partial charge in [-0.25, -0.2) is 9.97 Å². The Bertz CT molecular complexity index is 540. The van der Waals surface area contributed by atoms with Crippen LogP contribution in [0.4, 0.5) is 0 Å². The van der Waals surface area contributed by atoms with Gasteiger partial charge < -0.3 is 10.5 Å². The fourth-order valence-corrected chi connectivity index (χ4v) is 1.88. The molecule has 1 atom stereocenters. The average Bonchev–Trinajstić information content (AvgIpc) is 2.49. The maximum atomic E-state index is 5.91. The Labute approximate surface area is 120 Å². The third kappa shape index (κ3) is 4.03. The number of hydrogen-bond donors (Lipinski definition) is 1. The smallest absolute Gasteiger partial charge is 0.321 e. The molecule has 0 aliphatic heterocycles. The van der Waals surface area contributed by atoms with Gasteiger partial charge in [0.15, 0.2) is 0 Å². The molecule has 2 aromatic rings. The number of hydrogen-bond acceptors (Lipinski definition) is 4. The average molecular weight is 271 g/mol. The summed E-state index contributed by atoms with van der Waals surface area (Å²) in [6.07, 6.45) is 6.28. The molecule has 0 radical (unpaired) electrons. The van der Waals surface area contributed by atoms with Crippen molar-refractivity contribution in [1.82, 2.24) is 9.97 Å². The van der Waals surface area contributed by atoms with Crippen LogP contribution in [0.3, 0.4) is 0 Å². The second kappa shape index (κ2) is 7.01. The van der Waals surface area contributed by atoms with Gasteiger partial charge in [-0.1, -0.05) is 26.0 Å². The van der Waals surface area contributed by atoms with Crippen LogP contribution >= 0.6 is 0 Å². The highest BCUT2D eigenvalue weighted by Crippen LogP contribution is 2.19. The molecule has 1 aromatic carbocycles. The van der Waals surface area contributed by atoms with Crippen molar-refractivity contribution in [1.29, 1.82) is 0 Å². The molecule has 0 saturated heterocycles. The maximum Gasteiger partial charge on any atom is 0.321 e. The Kier molecular flexibility index (Phi) is 5.07. The van der Waals surface area contributed by atoms with E-state index in [1.807, 2.05) is 18.2 Å². The monoisotopic (exact) mass is 271 g/mol. The molecule has 20 heavy (non-hydrogen) atoms. The van der Waals surface area contributed by atoms with Crippen LogP contribution in [0.1, 0.15) is 31.4 Å². The number of benzene rings is 1. The van der Waals surface area contributed by atoms with E-state index in [0.29, 0.717) is 6.01 Å². The van der Waals surface area contributed by atoms with Crippen LogP contribution in [0.5, 0.6) is 11.8 Å². The molecule has 0 spiro atoms. The second-order valence-corrected chi connectivity index (χ2v) is 4.85. The number of aromatic nitrogens is 2. The van der Waals surface area contributed by atoms with E-state index in [0.717, 1.165) is 30.6 Å². The zero-order valence-electron chi connectivity index (χ0n) is 12.0. The lowest BCUT2D eigenvalue weighted by Gasteiger charge is -2.09. The van der Waals surface area contributed by atoms with Crippen molar-refractivity contribution in [3.63, 3.8) is 0 Å². The number of nitrogens with zero attached hydrogens (tertiary/aromatic N) is 2. The van der Waals surface area contributed by atoms with Gasteiger partial charge in [0, 0.05) is 18.4 Å². The van der Waals surface area contributed by atoms with Crippen molar-refractivity contribution in [2.75, 3.05) is 0 Å². The highest BCUT2D eigenvalue weighted by molar-refractivity contribution is 5.30. The molecule has 1 unspecified atom stereocenters. The fraction of sp³-hybridized carbons (Fsp3) is 0.375. The zero-order chi connectivity index (χ0) is 14.4. The highest BCUT2D eigenvalue weighted by atomic mass is 16.5. The van der Waals surface area contributed by atoms with E-state index in [-0.39, 0.29) is 6.04 Å². The van der Waals surface area contributed by atoms with Crippen LogP contribution in [-0.4, -0.2) is 16.0 Å². The summed E-state index contributed by atoms with van der Waals surface area (Å²) in [4.78, 5) is 8.46. The Morgan fingerprint density at radius 2 is 1.90 bits per heavy atom. The summed E-state index contributed by atoms with van der Waals surface area (Å²) in [5.74, 6) is 0.766. The molecule has 0 aliphatic carbocycles. The Hall–Kier alpha value is -1.94. The van der Waals surface area contributed by atoms with E-state index in [2.05, 4.69) is 29.9 Å². The number of ether oxygens (including phenoxy) is 1. The van der Waals surface area contributed by atoms with Gasteiger partial charge in [0.25, 0.3) is 0 Å². The summed E-state index contributed by atoms with van der Waals surface area (Å²) in [7, 11) is 0. The quantitative estimate of drug-likeness (QED) is 0.877. The van der Waals surface area contributed by atoms with Crippen molar-refractivity contribution < 1.29 is 4.74 Å². The minimum Gasteiger partial charge on any atom is -0.424 e. The predicted molar refractivity (Wildman–Crippen MR) is 79.9 cm³/mol. The van der Waals surface area contributed by atoms with Gasteiger partial charge in [0.05, 0.1) is 0 Å². The molecule has 106 valence electrons. The molecule has 2 rings (SSSR count). The molecule has 4 nitrogen and oxygen atoms in total. The molecule has 2 N–H and O–H groups in total. The second-order valence-electron chi connectivity index (χ2n) is 4.85. The van der Waals surface area contributed by atoms with Gasteiger partial charge in [0.2, 0.25) is 0 Å². The van der Waals surface area contributed by atoms with Crippen LogP contribution in [-0.2, 0) is 12.8 Å². The van der Waals surface area contributed by atoms with Gasteiger partial charge >= 0.3 is 6.01 Å². The summed E-state index contributed by atoms with van der Waals surface area (Å²) in [6, 6.07) is 8.48. The van der Waals surface area contributed by atoms with Crippen molar-refractivity contribution in [3.05, 3.63) is 47.8 Å². The minimum atomic E-state index is 0.159. The van der Waals surface area contributed by atoms with Gasteiger partial charge in [-0.2, -0.15) is 0 Å². The first kappa shape index (κ1) is 14.5. The van der Waals surface area contributed by atoms with Crippen molar-refractivity contribution >= 4 is 0 Å². The molecule has 0 amide bonds. The van der Waals surface area contributed by atoms with Crippen LogP contribution in [0.25, 0.3) is 0 Å². The van der Waals surface area contributed by atoms with E-state index in [4.69, 9.17) is 10.5 Å². The molecular weight excluding hydrogens is 250 g/mol. The summed E-state index contributed by atoms with van der Waals surface area (Å²) < 4.78 is 5.65. The topological polar surface area (TPSA) is 61.0 Å². The first-order chi connectivity index (χ1) is 9.71. The fourth-order valence-electron chi connectivity index (χ4n) is 1.88. The summed E-state index contributed by atoms with van der Waals surface area (Å²) >= 11 is 0. The van der Waals surface area contributed by atoms with E-state index >= 15 is 0 Å². The Morgan fingerprint density at radius 1 is 1.15 bits per heavy atom. The first-order valence-electron chi connectivity index (χ1n) is 7.04. The lowest BCUT2D eigenvalue weighted by atomic mass is 10.1. The Balaban J connectivity index is 2.02. The van der Waals surface area contributed by atoms with Gasteiger partial charge in [0.1, 0.15) is 5.75 Å². The van der Waals surface area contributed by atoms with Crippen molar-refractivity contribution in [3.8, 4) is 11.8 Å².